The Balaban J connectivity index is 2.28. The topological polar surface area (TPSA) is 50.3 Å². The van der Waals surface area contributed by atoms with Gasteiger partial charge in [0.25, 0.3) is 7.41 Å². The molecule has 0 atom stereocenters. The SMILES string of the molecule is O=CBN1CC(=O)c2sc(Cl)nc2C1. The van der Waals surface area contributed by atoms with E-state index < -0.39 is 0 Å². The maximum atomic E-state index is 11.5. The molecule has 1 aromatic heterocycles. The van der Waals surface area contributed by atoms with Crippen LogP contribution in [0.1, 0.15) is 15.4 Å². The molecule has 0 N–H and O–H groups in total. The molecule has 0 radical (unpaired) electrons. The number of hydrogen-bond donors (Lipinski definition) is 0. The van der Waals surface area contributed by atoms with E-state index in [-0.39, 0.29) is 19.7 Å². The summed E-state index contributed by atoms with van der Waals surface area (Å²) >= 11 is 6.92. The number of rotatable bonds is 2. The molecule has 0 fully saturated rings. The molecule has 1 aliphatic heterocycles. The van der Waals surface area contributed by atoms with Gasteiger partial charge in [-0.05, 0) is 0 Å². The van der Waals surface area contributed by atoms with Gasteiger partial charge < -0.3 is 9.61 Å². The minimum Gasteiger partial charge on any atom is -0.327 e. The lowest BCUT2D eigenvalue weighted by Crippen LogP contribution is -2.37. The second-order valence-corrected chi connectivity index (χ2v) is 4.58. The second kappa shape index (κ2) is 3.80. The van der Waals surface area contributed by atoms with E-state index in [1.807, 2.05) is 0 Å². The van der Waals surface area contributed by atoms with Crippen molar-refractivity contribution in [3.63, 3.8) is 0 Å². The second-order valence-electron chi connectivity index (χ2n) is 3.00. The van der Waals surface area contributed by atoms with Gasteiger partial charge in [-0.1, -0.05) is 22.9 Å². The minimum atomic E-state index is -0.00231. The molecule has 0 spiro atoms. The fourth-order valence-electron chi connectivity index (χ4n) is 1.42. The van der Waals surface area contributed by atoms with Crippen LogP contribution in [0.2, 0.25) is 4.47 Å². The maximum absolute atomic E-state index is 11.5. The normalized spacial score (nSPS) is 16.5. The number of aromatic nitrogens is 1. The van der Waals surface area contributed by atoms with Gasteiger partial charge in [-0.3, -0.25) is 4.79 Å². The van der Waals surface area contributed by atoms with Crippen LogP contribution in [0.3, 0.4) is 0 Å². The summed E-state index contributed by atoms with van der Waals surface area (Å²) in [6.45, 7) is 0.813. The summed E-state index contributed by atoms with van der Waals surface area (Å²) in [5.74, 6) is -0.00231. The first-order chi connectivity index (χ1) is 6.70. The number of carbonyl (C=O) groups excluding carboxylic acids is 2. The van der Waals surface area contributed by atoms with E-state index in [0.29, 0.717) is 21.6 Å². The summed E-state index contributed by atoms with van der Waals surface area (Å²) in [6.07, 6.45) is 0.784. The molecule has 7 heteroatoms. The number of Topliss-reactive ketones (excluding diaryl/α,β-unsaturated/α-hetero) is 1. The first-order valence-electron chi connectivity index (χ1n) is 4.05. The number of fused-ring (bicyclic) bond motifs is 1. The molecule has 2 heterocycles. The highest BCUT2D eigenvalue weighted by Gasteiger charge is 2.26. The fourth-order valence-corrected chi connectivity index (χ4v) is 2.49. The van der Waals surface area contributed by atoms with E-state index in [0.717, 1.165) is 6.19 Å². The summed E-state index contributed by atoms with van der Waals surface area (Å²) in [4.78, 5) is 28.3. The Kier molecular flexibility index (Phi) is 2.67. The highest BCUT2D eigenvalue weighted by atomic mass is 35.5. The number of nitrogens with zero attached hydrogens (tertiary/aromatic N) is 2. The zero-order valence-corrected chi connectivity index (χ0v) is 8.77. The van der Waals surface area contributed by atoms with Crippen molar-refractivity contribution in [2.45, 2.75) is 6.54 Å². The third-order valence-corrected chi connectivity index (χ3v) is 3.24. The molecule has 1 aliphatic rings. The van der Waals surface area contributed by atoms with E-state index in [1.165, 1.54) is 11.3 Å². The lowest BCUT2D eigenvalue weighted by atomic mass is 9.91. The van der Waals surface area contributed by atoms with Crippen molar-refractivity contribution in [1.82, 2.24) is 9.79 Å². The van der Waals surface area contributed by atoms with Gasteiger partial charge in [0.2, 0.25) is 0 Å². The summed E-state index contributed by atoms with van der Waals surface area (Å²) in [5.41, 5.74) is 0.693. The Morgan fingerprint density at radius 3 is 3.07 bits per heavy atom. The third kappa shape index (κ3) is 1.73. The zero-order valence-electron chi connectivity index (χ0n) is 7.20. The van der Waals surface area contributed by atoms with Gasteiger partial charge in [0.15, 0.2) is 10.3 Å². The van der Waals surface area contributed by atoms with Gasteiger partial charge in [-0.25, -0.2) is 4.98 Å². The van der Waals surface area contributed by atoms with Gasteiger partial charge in [0.1, 0.15) is 0 Å². The van der Waals surface area contributed by atoms with Crippen LogP contribution in [-0.2, 0) is 11.3 Å². The zero-order chi connectivity index (χ0) is 10.1. The highest BCUT2D eigenvalue weighted by molar-refractivity contribution is 7.17. The molecule has 0 bridgehead atoms. The van der Waals surface area contributed by atoms with Gasteiger partial charge in [0, 0.05) is 6.54 Å². The molecular formula is C7H6BClN2O2S. The molecule has 1 aromatic rings. The average molecular weight is 228 g/mol. The lowest BCUT2D eigenvalue weighted by molar-refractivity contribution is 0.0954. The van der Waals surface area contributed by atoms with E-state index in [4.69, 9.17) is 11.6 Å². The Hall–Kier alpha value is -0.715. The van der Waals surface area contributed by atoms with Gasteiger partial charge >= 0.3 is 0 Å². The van der Waals surface area contributed by atoms with Crippen LogP contribution < -0.4 is 0 Å². The van der Waals surface area contributed by atoms with Crippen molar-refractivity contribution in [2.24, 2.45) is 0 Å². The van der Waals surface area contributed by atoms with Crippen LogP contribution in [0.4, 0.5) is 0 Å². The van der Waals surface area contributed by atoms with E-state index in [9.17, 15) is 9.59 Å². The lowest BCUT2D eigenvalue weighted by Gasteiger charge is -2.21. The summed E-state index contributed by atoms with van der Waals surface area (Å²) in [7, 11) is 0.264. The molecule has 0 unspecified atom stereocenters. The number of halogens is 1. The molecule has 0 aromatic carbocycles. The van der Waals surface area contributed by atoms with E-state index in [2.05, 4.69) is 4.98 Å². The number of carbonyl (C=O) groups is 2. The molecule has 14 heavy (non-hydrogen) atoms. The van der Waals surface area contributed by atoms with Crippen molar-refractivity contribution in [1.29, 1.82) is 0 Å². The van der Waals surface area contributed by atoms with E-state index >= 15 is 0 Å². The van der Waals surface area contributed by atoms with Gasteiger partial charge in [-0.2, -0.15) is 0 Å². The van der Waals surface area contributed by atoms with Crippen LogP contribution in [0.5, 0.6) is 0 Å². The van der Waals surface area contributed by atoms with E-state index in [1.54, 1.807) is 4.81 Å². The molecule has 0 saturated carbocycles. The van der Waals surface area contributed by atoms with Crippen LogP contribution >= 0.6 is 22.9 Å². The smallest absolute Gasteiger partial charge is 0.281 e. The predicted octanol–water partition coefficient (Wildman–Crippen LogP) is 0.337. The van der Waals surface area contributed by atoms with Gasteiger partial charge in [-0.15, -0.1) is 0 Å². The molecule has 72 valence electrons. The Labute approximate surface area is 90.1 Å². The largest absolute Gasteiger partial charge is 0.327 e. The van der Waals surface area contributed by atoms with Crippen molar-refractivity contribution in [3.05, 3.63) is 15.0 Å². The molecular weight excluding hydrogens is 222 g/mol. The predicted molar refractivity (Wildman–Crippen MR) is 55.8 cm³/mol. The molecule has 2 rings (SSSR count). The highest BCUT2D eigenvalue weighted by Crippen LogP contribution is 2.27. The average Bonchev–Trinajstić information content (AvgIpc) is 2.47. The summed E-state index contributed by atoms with van der Waals surface area (Å²) in [5, 5.41) is 0. The molecule has 0 aliphatic carbocycles. The van der Waals surface area contributed by atoms with Crippen LogP contribution in [0, 0.1) is 0 Å². The van der Waals surface area contributed by atoms with Crippen LogP contribution in [0.25, 0.3) is 0 Å². The molecule has 0 amide bonds. The quantitative estimate of drug-likeness (QED) is 0.541. The van der Waals surface area contributed by atoms with Crippen LogP contribution in [0.15, 0.2) is 0 Å². The summed E-state index contributed by atoms with van der Waals surface area (Å²) < 4.78 is 0.385. The van der Waals surface area contributed by atoms with Gasteiger partial charge in [0.05, 0.1) is 23.3 Å². The van der Waals surface area contributed by atoms with Crippen molar-refractivity contribution in [2.75, 3.05) is 6.54 Å². The number of hydrogen-bond acceptors (Lipinski definition) is 5. The number of thiazole rings is 1. The Morgan fingerprint density at radius 2 is 2.36 bits per heavy atom. The monoisotopic (exact) mass is 228 g/mol. The standard InChI is InChI=1S/C7H6BClN2O2S/c9-7-10-4-1-11(8-3-12)2-5(13)6(4)14-7/h3,8H,1-2H2. The summed E-state index contributed by atoms with van der Waals surface area (Å²) in [6, 6.07) is 0. The third-order valence-electron chi connectivity index (χ3n) is 2.00. The first-order valence-corrected chi connectivity index (χ1v) is 5.24. The molecule has 4 nitrogen and oxygen atoms in total. The minimum absolute atomic E-state index is 0.00231. The maximum Gasteiger partial charge on any atom is 0.281 e. The van der Waals surface area contributed by atoms with Crippen molar-refractivity contribution in [3.8, 4) is 0 Å². The Morgan fingerprint density at radius 1 is 1.57 bits per heavy atom. The van der Waals surface area contributed by atoms with Crippen LogP contribution in [-0.4, -0.2) is 35.7 Å². The Bertz CT molecular complexity index is 395. The number of ketones is 1. The molecule has 0 saturated heterocycles. The fraction of sp³-hybridized carbons (Fsp3) is 0.286. The van der Waals surface area contributed by atoms with Crippen molar-refractivity contribution >= 4 is 42.3 Å². The van der Waals surface area contributed by atoms with Crippen molar-refractivity contribution < 1.29 is 9.59 Å². The first kappa shape index (κ1) is 9.83.